The number of nitrogens with one attached hydrogen (secondary N) is 1. The Bertz CT molecular complexity index is 1970. The highest BCUT2D eigenvalue weighted by molar-refractivity contribution is 7.90. The monoisotopic (exact) mass is 793 g/mol. The summed E-state index contributed by atoms with van der Waals surface area (Å²) >= 11 is 0. The van der Waals surface area contributed by atoms with Crippen molar-refractivity contribution in [3.05, 3.63) is 71.3 Å². The van der Waals surface area contributed by atoms with E-state index in [-0.39, 0.29) is 34.3 Å². The quantitative estimate of drug-likeness (QED) is 0.0597. The van der Waals surface area contributed by atoms with E-state index in [0.29, 0.717) is 5.56 Å². The number of carbonyl (C=O) groups is 4. The van der Waals surface area contributed by atoms with Crippen molar-refractivity contribution in [2.75, 3.05) is 33.2 Å². The zero-order valence-corrected chi connectivity index (χ0v) is 34.0. The molecule has 0 aliphatic carbocycles. The summed E-state index contributed by atoms with van der Waals surface area (Å²) in [6, 6.07) is 9.00. The number of anilines is 1. The lowest BCUT2D eigenvalue weighted by molar-refractivity contribution is -0.117. The van der Waals surface area contributed by atoms with Gasteiger partial charge in [0.15, 0.2) is 23.3 Å². The molecule has 0 saturated carbocycles. The van der Waals surface area contributed by atoms with Crippen molar-refractivity contribution < 1.29 is 41.8 Å². The van der Waals surface area contributed by atoms with Crippen molar-refractivity contribution in [1.82, 2.24) is 13.9 Å². The van der Waals surface area contributed by atoms with Crippen LogP contribution in [0, 0.1) is 6.92 Å². The van der Waals surface area contributed by atoms with Crippen molar-refractivity contribution >= 4 is 51.0 Å². The molecule has 0 radical (unpaired) electrons. The number of fused-ring (bicyclic) bond motifs is 1. The lowest BCUT2D eigenvalue weighted by atomic mass is 10.0. The Hall–Kier alpha value is -5.05. The van der Waals surface area contributed by atoms with Crippen LogP contribution in [0.3, 0.4) is 0 Å². The highest BCUT2D eigenvalue weighted by Gasteiger charge is 2.42. The van der Waals surface area contributed by atoms with E-state index in [0.717, 1.165) is 55.1 Å². The highest BCUT2D eigenvalue weighted by Crippen LogP contribution is 2.35. The largest absolute Gasteiger partial charge is 0.464 e. The summed E-state index contributed by atoms with van der Waals surface area (Å²) in [4.78, 5) is 61.7. The molecule has 0 bridgehead atoms. The molecular formula is C41H55N5O9S. The van der Waals surface area contributed by atoms with Gasteiger partial charge in [0.2, 0.25) is 0 Å². The average molecular weight is 794 g/mol. The van der Waals surface area contributed by atoms with Gasteiger partial charge in [-0.3, -0.25) is 9.10 Å². The Morgan fingerprint density at radius 3 is 1.98 bits per heavy atom. The van der Waals surface area contributed by atoms with Crippen LogP contribution in [0.1, 0.15) is 140 Å². The summed E-state index contributed by atoms with van der Waals surface area (Å²) in [5, 5.41) is 2.77. The normalized spacial score (nSPS) is 13.7. The zero-order valence-electron chi connectivity index (χ0n) is 33.2. The summed E-state index contributed by atoms with van der Waals surface area (Å²) in [5.41, 5.74) is 0.129. The number of esters is 3. The molecule has 2 heterocycles. The molecule has 0 saturated heterocycles. The smallest absolute Gasteiger partial charge is 0.359 e. The first kappa shape index (κ1) is 43.7. The minimum absolute atomic E-state index is 0.0612. The van der Waals surface area contributed by atoms with Gasteiger partial charge in [0, 0.05) is 12.7 Å². The molecule has 1 N–H and O–H groups in total. The third-order valence-corrected chi connectivity index (χ3v) is 11.7. The molecule has 304 valence electrons. The van der Waals surface area contributed by atoms with Gasteiger partial charge in [-0.2, -0.15) is 0 Å². The van der Waals surface area contributed by atoms with Gasteiger partial charge in [0.05, 0.1) is 38.4 Å². The molecule has 56 heavy (non-hydrogen) atoms. The van der Waals surface area contributed by atoms with E-state index < -0.39 is 51.3 Å². The second kappa shape index (κ2) is 21.3. The fourth-order valence-electron chi connectivity index (χ4n) is 6.56. The Labute approximate surface area is 330 Å². The molecular weight excluding hydrogens is 739 g/mol. The molecule has 2 aromatic carbocycles. The number of amidine groups is 1. The van der Waals surface area contributed by atoms with Crippen LogP contribution in [0.4, 0.5) is 11.4 Å². The van der Waals surface area contributed by atoms with E-state index in [9.17, 15) is 27.6 Å². The van der Waals surface area contributed by atoms with Crippen LogP contribution in [0.2, 0.25) is 0 Å². The van der Waals surface area contributed by atoms with Crippen molar-refractivity contribution in [2.24, 2.45) is 4.99 Å². The van der Waals surface area contributed by atoms with E-state index in [4.69, 9.17) is 14.2 Å². The topological polar surface area (TPSA) is 176 Å². The molecule has 1 aliphatic heterocycles. The van der Waals surface area contributed by atoms with Gasteiger partial charge < -0.3 is 24.1 Å². The van der Waals surface area contributed by atoms with Gasteiger partial charge in [-0.25, -0.2) is 32.8 Å². The van der Waals surface area contributed by atoms with Crippen LogP contribution in [0.25, 0.3) is 0 Å². The average Bonchev–Trinajstić information content (AvgIpc) is 3.63. The number of hydrogen-bond acceptors (Lipinski definition) is 11. The van der Waals surface area contributed by atoms with Crippen LogP contribution >= 0.6 is 0 Å². The number of hydrogen-bond donors (Lipinski definition) is 1. The number of imidazole rings is 1. The lowest BCUT2D eigenvalue weighted by Crippen LogP contribution is -2.45. The van der Waals surface area contributed by atoms with E-state index in [1.54, 1.807) is 31.2 Å². The van der Waals surface area contributed by atoms with Gasteiger partial charge in [-0.1, -0.05) is 109 Å². The van der Waals surface area contributed by atoms with Crippen LogP contribution in [-0.4, -0.2) is 79.8 Å². The van der Waals surface area contributed by atoms with Crippen molar-refractivity contribution in [2.45, 2.75) is 115 Å². The minimum Gasteiger partial charge on any atom is -0.464 e. The number of aliphatic imine (C=N–C) groups is 1. The second-order valence-corrected chi connectivity index (χ2v) is 15.8. The Morgan fingerprint density at radius 2 is 1.38 bits per heavy atom. The first-order chi connectivity index (χ1) is 27.0. The fraction of sp³-hybridized carbons (Fsp3) is 0.512. The molecule has 15 heteroatoms. The Balaban J connectivity index is 1.45. The zero-order chi connectivity index (χ0) is 40.7. The predicted octanol–water partition coefficient (Wildman–Crippen LogP) is 7.95. The number of sulfonamides is 1. The number of carbonyl (C=O) groups excluding carboxylic acids is 4. The van der Waals surface area contributed by atoms with E-state index in [2.05, 4.69) is 22.2 Å². The predicted molar refractivity (Wildman–Crippen MR) is 213 cm³/mol. The van der Waals surface area contributed by atoms with Crippen LogP contribution in [-0.2, 0) is 29.0 Å². The number of rotatable bonds is 22. The number of likely N-dealkylation sites (N-methyl/N-ethyl adjacent to an activating group) is 1. The SMILES string of the molecule is CCCCCCCCCCCCCCCCOC(=O)c1ccc(C)c(NC(=O)C(C2=Nc3ccccc3S(=O)(=O)N2C)n2cnc(C(=O)OC)c2C(=O)OC)c1. The van der Waals surface area contributed by atoms with E-state index >= 15 is 0 Å². The molecule has 0 spiro atoms. The number of aromatic nitrogens is 2. The Kier molecular flexibility index (Phi) is 16.6. The summed E-state index contributed by atoms with van der Waals surface area (Å²) in [6.45, 7) is 4.22. The standard InChI is InChI=1S/C41H55N5O9S/c1-6-7-8-9-10-11-12-13-14-15-16-17-18-21-26-55-39(48)30-25-24-29(2)32(27-30)44-38(47)36(46-28-42-34(40(49)53-4)35(46)41(50)54-5)37-43-31-22-19-20-23-33(31)56(51,52)45(37)3/h19-20,22-25,27-28,36H,6-18,21,26H2,1-5H3,(H,44,47). The van der Waals surface area contributed by atoms with Crippen molar-refractivity contribution in [1.29, 1.82) is 0 Å². The molecule has 1 aromatic heterocycles. The summed E-state index contributed by atoms with van der Waals surface area (Å²) in [7, 11) is -0.821. The lowest BCUT2D eigenvalue weighted by Gasteiger charge is -2.31. The maximum absolute atomic E-state index is 14.4. The molecule has 0 fully saturated rings. The van der Waals surface area contributed by atoms with Crippen LogP contribution < -0.4 is 5.32 Å². The molecule has 1 amide bonds. The first-order valence-electron chi connectivity index (χ1n) is 19.4. The first-order valence-corrected chi connectivity index (χ1v) is 20.9. The third kappa shape index (κ3) is 11.0. The van der Waals surface area contributed by atoms with Gasteiger partial charge >= 0.3 is 17.9 Å². The number of methoxy groups -OCH3 is 2. The van der Waals surface area contributed by atoms with E-state index in [1.807, 2.05) is 0 Å². The van der Waals surface area contributed by atoms with Gasteiger partial charge in [0.25, 0.3) is 15.9 Å². The number of ether oxygens (including phenoxy) is 3. The highest BCUT2D eigenvalue weighted by atomic mass is 32.2. The van der Waals surface area contributed by atoms with E-state index in [1.165, 1.54) is 89.5 Å². The van der Waals surface area contributed by atoms with Gasteiger partial charge in [-0.15, -0.1) is 0 Å². The number of benzene rings is 2. The summed E-state index contributed by atoms with van der Waals surface area (Å²) in [6.07, 6.45) is 18.1. The number of nitrogens with zero attached hydrogens (tertiary/aromatic N) is 4. The number of amides is 1. The fourth-order valence-corrected chi connectivity index (χ4v) is 7.88. The molecule has 1 atom stereocenters. The Morgan fingerprint density at radius 1 is 0.786 bits per heavy atom. The maximum Gasteiger partial charge on any atom is 0.359 e. The summed E-state index contributed by atoms with van der Waals surface area (Å²) in [5.74, 6) is -3.75. The number of unbranched alkanes of at least 4 members (excludes halogenated alkanes) is 13. The third-order valence-electron chi connectivity index (χ3n) is 9.85. The minimum atomic E-state index is -4.21. The summed E-state index contributed by atoms with van der Waals surface area (Å²) < 4.78 is 44.4. The van der Waals surface area contributed by atoms with Crippen molar-refractivity contribution in [3.8, 4) is 0 Å². The van der Waals surface area contributed by atoms with Crippen LogP contribution in [0.5, 0.6) is 0 Å². The maximum atomic E-state index is 14.4. The van der Waals surface area contributed by atoms with Crippen molar-refractivity contribution in [3.63, 3.8) is 0 Å². The van der Waals surface area contributed by atoms with Gasteiger partial charge in [-0.05, 0) is 43.2 Å². The molecule has 1 aliphatic rings. The van der Waals surface area contributed by atoms with Crippen LogP contribution in [0.15, 0.2) is 58.7 Å². The number of aryl methyl sites for hydroxylation is 1. The molecule has 1 unspecified atom stereocenters. The number of para-hydroxylation sites is 1. The molecule has 14 nitrogen and oxygen atoms in total. The molecule has 4 rings (SSSR count). The molecule has 3 aromatic rings. The second-order valence-electron chi connectivity index (χ2n) is 13.9. The van der Waals surface area contributed by atoms with Gasteiger partial charge in [0.1, 0.15) is 4.90 Å².